The Balaban J connectivity index is 1.53. The molecule has 3 N–H and O–H groups in total. The van der Waals surface area contributed by atoms with Crippen LogP contribution in [0.25, 0.3) is 11.1 Å². The molecule has 1 heterocycles. The average molecular weight is 372 g/mol. The van der Waals surface area contributed by atoms with E-state index in [0.29, 0.717) is 16.9 Å². The molecule has 3 rings (SSSR count). The van der Waals surface area contributed by atoms with Gasteiger partial charge < -0.3 is 10.7 Å². The number of carbonyl (C=O) groups excluding carboxylic acids is 2. The predicted octanol–water partition coefficient (Wildman–Crippen LogP) is 3.53. The molecule has 0 saturated heterocycles. The Kier molecular flexibility index (Phi) is 6.15. The van der Waals surface area contributed by atoms with Gasteiger partial charge in [0.1, 0.15) is 0 Å². The zero-order valence-corrected chi connectivity index (χ0v) is 15.3. The SMILES string of the molecule is C/C(=C\C(=O)Nc1cccnc1)NNC(=O)c1ccc(-c2ccccc2)cc1. The van der Waals surface area contributed by atoms with Crippen molar-refractivity contribution in [2.75, 3.05) is 5.32 Å². The quantitative estimate of drug-likeness (QED) is 0.457. The van der Waals surface area contributed by atoms with Crippen molar-refractivity contribution in [1.82, 2.24) is 15.8 Å². The molecule has 28 heavy (non-hydrogen) atoms. The summed E-state index contributed by atoms with van der Waals surface area (Å²) < 4.78 is 0. The Morgan fingerprint density at radius 2 is 1.57 bits per heavy atom. The third-order valence-electron chi connectivity index (χ3n) is 3.90. The number of hydrazine groups is 1. The number of hydrogen-bond acceptors (Lipinski definition) is 4. The minimum absolute atomic E-state index is 0.292. The van der Waals surface area contributed by atoms with Crippen molar-refractivity contribution >= 4 is 17.5 Å². The van der Waals surface area contributed by atoms with Crippen LogP contribution >= 0.6 is 0 Å². The van der Waals surface area contributed by atoms with Gasteiger partial charge in [0.2, 0.25) is 5.91 Å². The number of pyridine rings is 1. The van der Waals surface area contributed by atoms with Crippen molar-refractivity contribution in [1.29, 1.82) is 0 Å². The number of carbonyl (C=O) groups is 2. The van der Waals surface area contributed by atoms with E-state index in [4.69, 9.17) is 0 Å². The molecule has 3 aromatic rings. The second kappa shape index (κ2) is 9.14. The van der Waals surface area contributed by atoms with Crippen LogP contribution in [0.3, 0.4) is 0 Å². The fourth-order valence-electron chi connectivity index (χ4n) is 2.52. The van der Waals surface area contributed by atoms with E-state index in [0.717, 1.165) is 11.1 Å². The van der Waals surface area contributed by atoms with Crippen molar-refractivity contribution in [3.8, 4) is 11.1 Å². The number of nitrogens with one attached hydrogen (secondary N) is 3. The summed E-state index contributed by atoms with van der Waals surface area (Å²) in [5.74, 6) is -0.612. The molecule has 1 aromatic heterocycles. The number of amides is 2. The zero-order chi connectivity index (χ0) is 19.8. The highest BCUT2D eigenvalue weighted by Crippen LogP contribution is 2.19. The van der Waals surface area contributed by atoms with E-state index in [-0.39, 0.29) is 11.8 Å². The standard InChI is InChI=1S/C22H20N4O2/c1-16(14-21(27)24-20-8-5-13-23-15-20)25-26-22(28)19-11-9-18(10-12-19)17-6-3-2-4-7-17/h2-15,25H,1H3,(H,24,27)(H,26,28)/b16-14+. The topological polar surface area (TPSA) is 83.1 Å². The van der Waals surface area contributed by atoms with Gasteiger partial charge in [0.05, 0.1) is 11.9 Å². The molecule has 0 radical (unpaired) electrons. The lowest BCUT2D eigenvalue weighted by molar-refractivity contribution is -0.112. The van der Waals surface area contributed by atoms with E-state index in [1.165, 1.54) is 6.08 Å². The summed E-state index contributed by atoms with van der Waals surface area (Å²) in [6.45, 7) is 1.68. The maximum atomic E-state index is 12.3. The van der Waals surface area contributed by atoms with E-state index in [1.54, 1.807) is 43.6 Å². The molecule has 6 nitrogen and oxygen atoms in total. The molecule has 0 aliphatic carbocycles. The monoisotopic (exact) mass is 372 g/mol. The highest BCUT2D eigenvalue weighted by molar-refractivity contribution is 5.99. The molecule has 2 amide bonds. The van der Waals surface area contributed by atoms with Crippen LogP contribution in [0.1, 0.15) is 17.3 Å². The number of rotatable bonds is 6. The lowest BCUT2D eigenvalue weighted by Crippen LogP contribution is -2.36. The van der Waals surface area contributed by atoms with E-state index in [1.807, 2.05) is 42.5 Å². The maximum Gasteiger partial charge on any atom is 0.269 e. The van der Waals surface area contributed by atoms with Gasteiger partial charge in [-0.25, -0.2) is 0 Å². The molecule has 0 saturated carbocycles. The largest absolute Gasteiger partial charge is 0.321 e. The summed E-state index contributed by atoms with van der Waals surface area (Å²) in [4.78, 5) is 28.1. The van der Waals surface area contributed by atoms with Crippen LogP contribution in [0.2, 0.25) is 0 Å². The number of anilines is 1. The third-order valence-corrected chi connectivity index (χ3v) is 3.90. The summed E-state index contributed by atoms with van der Waals surface area (Å²) in [5, 5.41) is 2.68. The fourth-order valence-corrected chi connectivity index (χ4v) is 2.52. The Bertz CT molecular complexity index is 968. The summed E-state index contributed by atoms with van der Waals surface area (Å²) in [5.41, 5.74) is 9.04. The molecule has 0 bridgehead atoms. The van der Waals surface area contributed by atoms with Crippen molar-refractivity contribution in [3.05, 3.63) is 96.5 Å². The summed E-state index contributed by atoms with van der Waals surface area (Å²) in [6, 6.07) is 20.7. The molecule has 140 valence electrons. The normalized spacial score (nSPS) is 10.8. The van der Waals surface area contributed by atoms with Gasteiger partial charge in [-0.3, -0.25) is 20.0 Å². The first-order valence-electron chi connectivity index (χ1n) is 8.73. The van der Waals surface area contributed by atoms with Crippen molar-refractivity contribution in [2.24, 2.45) is 0 Å². The lowest BCUT2D eigenvalue weighted by atomic mass is 10.0. The first-order valence-corrected chi connectivity index (χ1v) is 8.73. The van der Waals surface area contributed by atoms with E-state index >= 15 is 0 Å². The van der Waals surface area contributed by atoms with Crippen LogP contribution in [0.5, 0.6) is 0 Å². The molecule has 0 atom stereocenters. The van der Waals surface area contributed by atoms with Gasteiger partial charge in [0.25, 0.3) is 5.91 Å². The average Bonchev–Trinajstić information content (AvgIpc) is 2.73. The molecule has 6 heteroatoms. The van der Waals surface area contributed by atoms with Gasteiger partial charge in [0, 0.05) is 23.5 Å². The summed E-state index contributed by atoms with van der Waals surface area (Å²) >= 11 is 0. The van der Waals surface area contributed by atoms with E-state index < -0.39 is 0 Å². The highest BCUT2D eigenvalue weighted by atomic mass is 16.2. The molecule has 0 unspecified atom stereocenters. The Morgan fingerprint density at radius 3 is 2.25 bits per heavy atom. The highest BCUT2D eigenvalue weighted by Gasteiger charge is 2.06. The van der Waals surface area contributed by atoms with Crippen LogP contribution in [-0.2, 0) is 4.79 Å². The van der Waals surface area contributed by atoms with Gasteiger partial charge in [0.15, 0.2) is 0 Å². The van der Waals surface area contributed by atoms with Gasteiger partial charge >= 0.3 is 0 Å². The van der Waals surface area contributed by atoms with Crippen molar-refractivity contribution in [2.45, 2.75) is 6.92 Å². The lowest BCUT2D eigenvalue weighted by Gasteiger charge is -2.09. The summed E-state index contributed by atoms with van der Waals surface area (Å²) in [7, 11) is 0. The van der Waals surface area contributed by atoms with Crippen molar-refractivity contribution in [3.63, 3.8) is 0 Å². The zero-order valence-electron chi connectivity index (χ0n) is 15.3. The Hall–Kier alpha value is -3.93. The number of benzene rings is 2. The molecule has 0 fully saturated rings. The molecule has 0 aliphatic heterocycles. The van der Waals surface area contributed by atoms with Crippen LogP contribution in [-0.4, -0.2) is 16.8 Å². The van der Waals surface area contributed by atoms with Crippen molar-refractivity contribution < 1.29 is 9.59 Å². The summed E-state index contributed by atoms with van der Waals surface area (Å²) in [6.07, 6.45) is 4.53. The van der Waals surface area contributed by atoms with Gasteiger partial charge in [-0.1, -0.05) is 42.5 Å². The van der Waals surface area contributed by atoms with Gasteiger partial charge in [-0.15, -0.1) is 0 Å². The maximum absolute atomic E-state index is 12.3. The smallest absolute Gasteiger partial charge is 0.269 e. The molecule has 2 aromatic carbocycles. The first kappa shape index (κ1) is 18.8. The second-order valence-corrected chi connectivity index (χ2v) is 6.08. The Labute approximate surface area is 163 Å². The number of allylic oxidation sites excluding steroid dienone is 1. The molecule has 0 spiro atoms. The van der Waals surface area contributed by atoms with E-state index in [2.05, 4.69) is 21.2 Å². The fraction of sp³-hybridized carbons (Fsp3) is 0.0455. The molecular weight excluding hydrogens is 352 g/mol. The predicted molar refractivity (Wildman–Crippen MR) is 109 cm³/mol. The van der Waals surface area contributed by atoms with Crippen LogP contribution < -0.4 is 16.2 Å². The van der Waals surface area contributed by atoms with Gasteiger partial charge in [-0.2, -0.15) is 0 Å². The molecule has 0 aliphatic rings. The number of hydrogen-bond donors (Lipinski definition) is 3. The Morgan fingerprint density at radius 1 is 0.857 bits per heavy atom. The van der Waals surface area contributed by atoms with Crippen LogP contribution in [0.4, 0.5) is 5.69 Å². The van der Waals surface area contributed by atoms with Gasteiger partial charge in [-0.05, 0) is 42.3 Å². The van der Waals surface area contributed by atoms with Crippen LogP contribution in [0, 0.1) is 0 Å². The first-order chi connectivity index (χ1) is 13.6. The second-order valence-electron chi connectivity index (χ2n) is 6.08. The van der Waals surface area contributed by atoms with E-state index in [9.17, 15) is 9.59 Å². The van der Waals surface area contributed by atoms with Crippen LogP contribution in [0.15, 0.2) is 90.9 Å². The number of aromatic nitrogens is 1. The molecular formula is C22H20N4O2. The minimum atomic E-state index is -0.320. The number of nitrogens with zero attached hydrogens (tertiary/aromatic N) is 1. The third kappa shape index (κ3) is 5.28. The minimum Gasteiger partial charge on any atom is -0.321 e.